The Bertz CT molecular complexity index is 577. The van der Waals surface area contributed by atoms with Gasteiger partial charge in [-0.1, -0.05) is 15.9 Å². The maximum atomic E-state index is 11.4. The third kappa shape index (κ3) is 5.68. The molecule has 0 spiro atoms. The van der Waals surface area contributed by atoms with Crippen LogP contribution in [0.3, 0.4) is 0 Å². The molecule has 0 amide bonds. The van der Waals surface area contributed by atoms with Crippen molar-refractivity contribution in [2.75, 3.05) is 18.6 Å². The lowest BCUT2D eigenvalue weighted by Crippen LogP contribution is -2.15. The van der Waals surface area contributed by atoms with Gasteiger partial charge in [-0.2, -0.15) is 0 Å². The third-order valence-corrected chi connectivity index (χ3v) is 2.86. The van der Waals surface area contributed by atoms with E-state index in [-0.39, 0.29) is 30.3 Å². The number of benzene rings is 1. The van der Waals surface area contributed by atoms with Gasteiger partial charge in [-0.05, 0) is 26.0 Å². The van der Waals surface area contributed by atoms with Crippen LogP contribution in [0.5, 0.6) is 0 Å². The molecule has 0 unspecified atom stereocenters. The number of halogens is 1. The summed E-state index contributed by atoms with van der Waals surface area (Å²) in [6.45, 7) is 3.99. The molecular weight excluding hydrogens is 358 g/mol. The molecule has 0 heterocycles. The van der Waals surface area contributed by atoms with E-state index in [4.69, 9.17) is 9.47 Å². The van der Waals surface area contributed by atoms with Crippen molar-refractivity contribution in [1.82, 2.24) is 0 Å². The third-order valence-electron chi connectivity index (χ3n) is 2.37. The molecule has 1 aromatic rings. The standard InChI is InChI=1S/C13H16BrN3O5/c1-3-21-12(8-13(18)22-4-2)16-15-10-6-5-9(14)7-11(10)17(19)20/h5-7,15H,3-4,8H2,1-2H3. The summed E-state index contributed by atoms with van der Waals surface area (Å²) >= 11 is 3.17. The van der Waals surface area contributed by atoms with Crippen LogP contribution in [0.2, 0.25) is 0 Å². The lowest BCUT2D eigenvalue weighted by molar-refractivity contribution is -0.384. The topological polar surface area (TPSA) is 103 Å². The molecule has 0 aromatic heterocycles. The zero-order chi connectivity index (χ0) is 16.5. The van der Waals surface area contributed by atoms with Gasteiger partial charge < -0.3 is 9.47 Å². The largest absolute Gasteiger partial charge is 0.480 e. The molecule has 1 N–H and O–H groups in total. The molecule has 0 aliphatic heterocycles. The number of nitro benzene ring substituents is 1. The SMILES string of the molecule is CCOC(=O)CC(=NNc1ccc(Br)cc1[N+](=O)[O-])OCC. The summed E-state index contributed by atoms with van der Waals surface area (Å²) in [5, 5.41) is 14.9. The molecule has 0 aliphatic rings. The predicted molar refractivity (Wildman–Crippen MR) is 84.7 cm³/mol. The molecule has 0 fully saturated rings. The Kier molecular flexibility index (Phi) is 7.30. The zero-order valence-corrected chi connectivity index (χ0v) is 13.8. The lowest BCUT2D eigenvalue weighted by Gasteiger charge is -2.08. The molecule has 0 aliphatic carbocycles. The fourth-order valence-electron chi connectivity index (χ4n) is 1.50. The van der Waals surface area contributed by atoms with E-state index in [0.29, 0.717) is 11.1 Å². The van der Waals surface area contributed by atoms with Gasteiger partial charge in [0.2, 0.25) is 5.90 Å². The minimum absolute atomic E-state index is 0.0955. The number of nitrogens with zero attached hydrogens (tertiary/aromatic N) is 2. The van der Waals surface area contributed by atoms with Crippen LogP contribution < -0.4 is 5.43 Å². The first kappa shape index (κ1) is 17.9. The molecule has 1 rings (SSSR count). The maximum Gasteiger partial charge on any atom is 0.315 e. The van der Waals surface area contributed by atoms with Crippen LogP contribution in [-0.4, -0.2) is 30.0 Å². The number of ether oxygens (including phenoxy) is 2. The summed E-state index contributed by atoms with van der Waals surface area (Å²) in [6, 6.07) is 4.49. The van der Waals surface area contributed by atoms with Gasteiger partial charge in [0.25, 0.3) is 5.69 Å². The second-order valence-electron chi connectivity index (χ2n) is 3.95. The number of nitro groups is 1. The highest BCUT2D eigenvalue weighted by Crippen LogP contribution is 2.27. The van der Waals surface area contributed by atoms with Crippen molar-refractivity contribution in [2.45, 2.75) is 20.3 Å². The van der Waals surface area contributed by atoms with Crippen molar-refractivity contribution in [1.29, 1.82) is 0 Å². The maximum absolute atomic E-state index is 11.4. The Balaban J connectivity index is 2.90. The van der Waals surface area contributed by atoms with Gasteiger partial charge in [-0.25, -0.2) is 0 Å². The van der Waals surface area contributed by atoms with Crippen LogP contribution in [0.25, 0.3) is 0 Å². The molecule has 0 saturated heterocycles. The predicted octanol–water partition coefficient (Wildman–Crippen LogP) is 3.07. The van der Waals surface area contributed by atoms with E-state index < -0.39 is 10.9 Å². The average molecular weight is 374 g/mol. The number of carbonyl (C=O) groups excluding carboxylic acids is 1. The van der Waals surface area contributed by atoms with Gasteiger partial charge in [0.05, 0.1) is 18.1 Å². The van der Waals surface area contributed by atoms with Gasteiger partial charge in [0.15, 0.2) is 0 Å². The van der Waals surface area contributed by atoms with E-state index in [1.165, 1.54) is 12.1 Å². The quantitative estimate of drug-likeness (QED) is 0.259. The van der Waals surface area contributed by atoms with Crippen molar-refractivity contribution < 1.29 is 19.2 Å². The second kappa shape index (κ2) is 8.98. The summed E-state index contributed by atoms with van der Waals surface area (Å²) in [5.41, 5.74) is 2.59. The van der Waals surface area contributed by atoms with Crippen LogP contribution in [0, 0.1) is 10.1 Å². The summed E-state index contributed by atoms with van der Waals surface area (Å²) in [4.78, 5) is 21.9. The molecule has 0 radical (unpaired) electrons. The minimum atomic E-state index is -0.533. The number of esters is 1. The average Bonchev–Trinajstić information content (AvgIpc) is 2.46. The first-order chi connectivity index (χ1) is 10.5. The van der Waals surface area contributed by atoms with E-state index >= 15 is 0 Å². The Morgan fingerprint density at radius 3 is 2.64 bits per heavy atom. The summed E-state index contributed by atoms with van der Waals surface area (Å²) in [5.74, 6) is -0.389. The van der Waals surface area contributed by atoms with Crippen LogP contribution >= 0.6 is 15.9 Å². The van der Waals surface area contributed by atoms with Crippen molar-refractivity contribution in [3.8, 4) is 0 Å². The van der Waals surface area contributed by atoms with Gasteiger partial charge in [0.1, 0.15) is 12.1 Å². The molecular formula is C13H16BrN3O5. The Morgan fingerprint density at radius 2 is 2.05 bits per heavy atom. The number of hydrogen-bond acceptors (Lipinski definition) is 7. The molecule has 0 atom stereocenters. The number of nitrogens with one attached hydrogen (secondary N) is 1. The smallest absolute Gasteiger partial charge is 0.315 e. The number of anilines is 1. The molecule has 120 valence electrons. The fourth-order valence-corrected chi connectivity index (χ4v) is 1.85. The molecule has 8 nitrogen and oxygen atoms in total. The number of hydrazone groups is 1. The van der Waals surface area contributed by atoms with Crippen molar-refractivity contribution in [3.05, 3.63) is 32.8 Å². The number of hydrogen-bond donors (Lipinski definition) is 1. The normalized spacial score (nSPS) is 11.0. The van der Waals surface area contributed by atoms with E-state index in [1.54, 1.807) is 19.9 Å². The van der Waals surface area contributed by atoms with Crippen LogP contribution in [0.1, 0.15) is 20.3 Å². The van der Waals surface area contributed by atoms with Gasteiger partial charge >= 0.3 is 5.97 Å². The molecule has 9 heteroatoms. The first-order valence-electron chi connectivity index (χ1n) is 6.52. The van der Waals surface area contributed by atoms with E-state index in [9.17, 15) is 14.9 Å². The summed E-state index contributed by atoms with van der Waals surface area (Å²) in [6.07, 6.45) is -0.154. The van der Waals surface area contributed by atoms with E-state index in [1.807, 2.05) is 0 Å². The highest BCUT2D eigenvalue weighted by atomic mass is 79.9. The second-order valence-corrected chi connectivity index (χ2v) is 4.87. The van der Waals surface area contributed by atoms with Gasteiger partial charge in [-0.3, -0.25) is 20.3 Å². The van der Waals surface area contributed by atoms with Gasteiger partial charge in [-0.15, -0.1) is 5.10 Å². The molecule has 1 aromatic carbocycles. The van der Waals surface area contributed by atoms with Crippen molar-refractivity contribution in [2.24, 2.45) is 5.10 Å². The van der Waals surface area contributed by atoms with Crippen LogP contribution in [0.15, 0.2) is 27.8 Å². The van der Waals surface area contributed by atoms with Crippen molar-refractivity contribution >= 4 is 39.2 Å². The Hall–Kier alpha value is -2.16. The first-order valence-corrected chi connectivity index (χ1v) is 7.32. The molecule has 0 saturated carbocycles. The number of rotatable bonds is 7. The zero-order valence-electron chi connectivity index (χ0n) is 12.2. The van der Waals surface area contributed by atoms with Crippen molar-refractivity contribution in [3.63, 3.8) is 0 Å². The molecule has 0 bridgehead atoms. The Labute approximate surface area is 135 Å². The van der Waals surface area contributed by atoms with Gasteiger partial charge in [0, 0.05) is 10.5 Å². The summed E-state index contributed by atoms with van der Waals surface area (Å²) in [7, 11) is 0. The summed E-state index contributed by atoms with van der Waals surface area (Å²) < 4.78 is 10.6. The fraction of sp³-hybridized carbons (Fsp3) is 0.385. The monoisotopic (exact) mass is 373 g/mol. The highest BCUT2D eigenvalue weighted by molar-refractivity contribution is 9.10. The number of carbonyl (C=O) groups is 1. The Morgan fingerprint density at radius 1 is 1.36 bits per heavy atom. The highest BCUT2D eigenvalue weighted by Gasteiger charge is 2.15. The van der Waals surface area contributed by atoms with Crippen LogP contribution in [-0.2, 0) is 14.3 Å². The van der Waals surface area contributed by atoms with E-state index in [2.05, 4.69) is 26.5 Å². The minimum Gasteiger partial charge on any atom is -0.480 e. The molecule has 22 heavy (non-hydrogen) atoms. The van der Waals surface area contributed by atoms with E-state index in [0.717, 1.165) is 0 Å². The lowest BCUT2D eigenvalue weighted by atomic mass is 10.3. The van der Waals surface area contributed by atoms with Crippen LogP contribution in [0.4, 0.5) is 11.4 Å².